The Labute approximate surface area is 122 Å². The predicted molar refractivity (Wildman–Crippen MR) is 87.0 cm³/mol. The van der Waals surface area contributed by atoms with Crippen molar-refractivity contribution in [1.29, 1.82) is 0 Å². The Balaban J connectivity index is 2.06. The lowest BCUT2D eigenvalue weighted by Gasteiger charge is -2.08. The molecule has 0 atom stereocenters. The van der Waals surface area contributed by atoms with Crippen molar-refractivity contribution in [1.82, 2.24) is 4.72 Å². The van der Waals surface area contributed by atoms with Gasteiger partial charge in [0.25, 0.3) is 0 Å². The molecule has 106 valence electrons. The van der Waals surface area contributed by atoms with Crippen molar-refractivity contribution in [2.75, 3.05) is 5.73 Å². The van der Waals surface area contributed by atoms with E-state index in [0.29, 0.717) is 0 Å². The summed E-state index contributed by atoms with van der Waals surface area (Å²) in [6.07, 6.45) is 9.01. The van der Waals surface area contributed by atoms with Gasteiger partial charge < -0.3 is 10.5 Å². The van der Waals surface area contributed by atoms with Gasteiger partial charge in [-0.15, -0.1) is 0 Å². The second-order valence-electron chi connectivity index (χ2n) is 4.89. The molecule has 0 aromatic heterocycles. The maximum Gasteiger partial charge on any atom is 0.0314 e. The monoisotopic (exact) mass is 278 g/mol. The second-order valence-corrected chi connectivity index (χ2v) is 5.77. The standard InChI is InChI=1S/C16H26N2S/c1-3-4-5-6-7-8-9-14(2)18-19-16-12-10-15(17)11-13-16/h10-13,18H,2-9,17H2,1H3. The third kappa shape index (κ3) is 7.83. The number of nitrogens with two attached hydrogens (primary N) is 1. The molecule has 0 saturated carbocycles. The van der Waals surface area contributed by atoms with Crippen molar-refractivity contribution in [3.05, 3.63) is 36.5 Å². The van der Waals surface area contributed by atoms with E-state index in [1.807, 2.05) is 24.3 Å². The fourth-order valence-corrected chi connectivity index (χ4v) is 2.47. The Morgan fingerprint density at radius 3 is 2.42 bits per heavy atom. The van der Waals surface area contributed by atoms with Crippen LogP contribution in [0.2, 0.25) is 0 Å². The molecule has 2 nitrogen and oxygen atoms in total. The van der Waals surface area contributed by atoms with Gasteiger partial charge in [0.15, 0.2) is 0 Å². The number of nitrogen functional groups attached to an aromatic ring is 1. The van der Waals surface area contributed by atoms with Gasteiger partial charge in [0.1, 0.15) is 0 Å². The topological polar surface area (TPSA) is 38.0 Å². The minimum atomic E-state index is 0.801. The third-order valence-electron chi connectivity index (χ3n) is 3.03. The molecule has 0 radical (unpaired) electrons. The average Bonchev–Trinajstić information content (AvgIpc) is 2.42. The fourth-order valence-electron chi connectivity index (χ4n) is 1.84. The van der Waals surface area contributed by atoms with Crippen molar-refractivity contribution < 1.29 is 0 Å². The highest BCUT2D eigenvalue weighted by atomic mass is 32.2. The van der Waals surface area contributed by atoms with Crippen LogP contribution in [-0.4, -0.2) is 0 Å². The van der Waals surface area contributed by atoms with Gasteiger partial charge in [-0.05, 0) is 49.1 Å². The van der Waals surface area contributed by atoms with E-state index in [-0.39, 0.29) is 0 Å². The minimum Gasteiger partial charge on any atom is -0.399 e. The van der Waals surface area contributed by atoms with Crippen LogP contribution in [-0.2, 0) is 0 Å². The molecule has 1 aromatic rings. The van der Waals surface area contributed by atoms with Gasteiger partial charge in [-0.1, -0.05) is 45.6 Å². The summed E-state index contributed by atoms with van der Waals surface area (Å²) in [4.78, 5) is 1.17. The summed E-state index contributed by atoms with van der Waals surface area (Å²) in [5, 5.41) is 0. The molecule has 0 unspecified atom stereocenters. The highest BCUT2D eigenvalue weighted by Crippen LogP contribution is 2.18. The summed E-state index contributed by atoms with van der Waals surface area (Å²) >= 11 is 1.60. The van der Waals surface area contributed by atoms with Crippen LogP contribution < -0.4 is 10.5 Å². The average molecular weight is 278 g/mol. The lowest BCUT2D eigenvalue weighted by atomic mass is 10.1. The van der Waals surface area contributed by atoms with Crippen LogP contribution in [0.3, 0.4) is 0 Å². The van der Waals surface area contributed by atoms with E-state index in [1.54, 1.807) is 11.9 Å². The number of unbranched alkanes of at least 4 members (excludes halogenated alkanes) is 5. The molecule has 3 heteroatoms. The highest BCUT2D eigenvalue weighted by molar-refractivity contribution is 7.97. The van der Waals surface area contributed by atoms with E-state index in [0.717, 1.165) is 17.8 Å². The molecule has 0 bridgehead atoms. The van der Waals surface area contributed by atoms with Crippen molar-refractivity contribution in [2.24, 2.45) is 0 Å². The Kier molecular flexibility index (Phi) is 8.23. The smallest absolute Gasteiger partial charge is 0.0314 e. The fraction of sp³-hybridized carbons (Fsp3) is 0.500. The van der Waals surface area contributed by atoms with Crippen LogP contribution in [0.25, 0.3) is 0 Å². The van der Waals surface area contributed by atoms with Gasteiger partial charge in [-0.2, -0.15) is 0 Å². The van der Waals surface area contributed by atoms with Gasteiger partial charge in [0.05, 0.1) is 0 Å². The number of nitrogens with one attached hydrogen (secondary N) is 1. The summed E-state index contributed by atoms with van der Waals surface area (Å²) in [5.41, 5.74) is 7.56. The van der Waals surface area contributed by atoms with Crippen LogP contribution in [0.1, 0.15) is 51.9 Å². The van der Waals surface area contributed by atoms with Crippen molar-refractivity contribution in [3.63, 3.8) is 0 Å². The first-order valence-electron chi connectivity index (χ1n) is 7.18. The summed E-state index contributed by atoms with van der Waals surface area (Å²) in [6, 6.07) is 7.87. The summed E-state index contributed by atoms with van der Waals surface area (Å²) in [5.74, 6) is 0. The Hall–Kier alpha value is -1.09. The molecule has 0 spiro atoms. The maximum absolute atomic E-state index is 5.65. The number of hydrogen-bond acceptors (Lipinski definition) is 3. The van der Waals surface area contributed by atoms with E-state index in [1.165, 1.54) is 43.4 Å². The molecular formula is C16H26N2S. The van der Waals surface area contributed by atoms with Crippen LogP contribution in [0, 0.1) is 0 Å². The number of rotatable bonds is 10. The van der Waals surface area contributed by atoms with Crippen molar-refractivity contribution in [3.8, 4) is 0 Å². The van der Waals surface area contributed by atoms with E-state index < -0.39 is 0 Å². The first-order valence-corrected chi connectivity index (χ1v) is 8.00. The highest BCUT2D eigenvalue weighted by Gasteiger charge is 1.97. The summed E-state index contributed by atoms with van der Waals surface area (Å²) in [6.45, 7) is 6.31. The Morgan fingerprint density at radius 2 is 1.74 bits per heavy atom. The second kappa shape index (κ2) is 9.79. The molecule has 0 aliphatic rings. The predicted octanol–water partition coefficient (Wildman–Crippen LogP) is 5.13. The lowest BCUT2D eigenvalue weighted by molar-refractivity contribution is 0.604. The van der Waals surface area contributed by atoms with E-state index in [2.05, 4.69) is 18.2 Å². The molecule has 0 aliphatic heterocycles. The zero-order chi connectivity index (χ0) is 13.9. The summed E-state index contributed by atoms with van der Waals surface area (Å²) in [7, 11) is 0. The zero-order valence-corrected chi connectivity index (χ0v) is 12.8. The van der Waals surface area contributed by atoms with Gasteiger partial charge >= 0.3 is 0 Å². The Morgan fingerprint density at radius 1 is 1.11 bits per heavy atom. The number of benzene rings is 1. The first-order chi connectivity index (χ1) is 9.22. The largest absolute Gasteiger partial charge is 0.399 e. The van der Waals surface area contributed by atoms with Crippen LogP contribution >= 0.6 is 11.9 Å². The molecule has 3 N–H and O–H groups in total. The minimum absolute atomic E-state index is 0.801. The van der Waals surface area contributed by atoms with Crippen LogP contribution in [0.15, 0.2) is 41.4 Å². The molecule has 0 fully saturated rings. The van der Waals surface area contributed by atoms with Gasteiger partial charge in [-0.3, -0.25) is 0 Å². The zero-order valence-electron chi connectivity index (χ0n) is 12.0. The van der Waals surface area contributed by atoms with E-state index in [9.17, 15) is 0 Å². The van der Waals surface area contributed by atoms with E-state index >= 15 is 0 Å². The molecule has 0 saturated heterocycles. The van der Waals surface area contributed by atoms with Crippen LogP contribution in [0.5, 0.6) is 0 Å². The number of hydrogen-bond donors (Lipinski definition) is 2. The number of allylic oxidation sites excluding steroid dienone is 1. The van der Waals surface area contributed by atoms with E-state index in [4.69, 9.17) is 5.73 Å². The Bertz CT molecular complexity index is 360. The molecule has 0 aliphatic carbocycles. The normalized spacial score (nSPS) is 10.4. The first kappa shape index (κ1) is 16.0. The molecule has 19 heavy (non-hydrogen) atoms. The molecule has 1 aromatic carbocycles. The van der Waals surface area contributed by atoms with Gasteiger partial charge in [0.2, 0.25) is 0 Å². The lowest BCUT2D eigenvalue weighted by Crippen LogP contribution is -2.01. The van der Waals surface area contributed by atoms with Crippen molar-refractivity contribution in [2.45, 2.75) is 56.8 Å². The summed E-state index contributed by atoms with van der Waals surface area (Å²) < 4.78 is 3.30. The van der Waals surface area contributed by atoms with Crippen LogP contribution in [0.4, 0.5) is 5.69 Å². The van der Waals surface area contributed by atoms with Gasteiger partial charge in [0, 0.05) is 16.3 Å². The molecule has 0 amide bonds. The number of anilines is 1. The quantitative estimate of drug-likeness (QED) is 0.354. The van der Waals surface area contributed by atoms with Gasteiger partial charge in [-0.25, -0.2) is 0 Å². The third-order valence-corrected chi connectivity index (χ3v) is 3.92. The molecule has 0 heterocycles. The SMILES string of the molecule is C=C(CCCCCCCC)NSc1ccc(N)cc1. The molecular weight excluding hydrogens is 252 g/mol. The molecule has 1 rings (SSSR count). The van der Waals surface area contributed by atoms with Crippen molar-refractivity contribution >= 4 is 17.6 Å². The maximum atomic E-state index is 5.65.